The molecule has 3 aromatic carbocycles. The highest BCUT2D eigenvalue weighted by Crippen LogP contribution is 2.48. The SMILES string of the molecule is Fc1ccc(-c2nn(-c3ccccc3)cc2[C@@H]2Nc3ccccc3S2)cc1. The summed E-state index contributed by atoms with van der Waals surface area (Å²) < 4.78 is 15.3. The van der Waals surface area contributed by atoms with Gasteiger partial charge in [-0.05, 0) is 48.5 Å². The molecule has 0 unspecified atom stereocenters. The summed E-state index contributed by atoms with van der Waals surface area (Å²) in [5.41, 5.74) is 4.96. The lowest BCUT2D eigenvalue weighted by Gasteiger charge is -2.10. The van der Waals surface area contributed by atoms with Crippen LogP contribution in [0.4, 0.5) is 10.1 Å². The fourth-order valence-electron chi connectivity index (χ4n) is 3.25. The first-order valence-electron chi connectivity index (χ1n) is 8.71. The highest BCUT2D eigenvalue weighted by molar-refractivity contribution is 8.00. The van der Waals surface area contributed by atoms with Crippen molar-refractivity contribution >= 4 is 17.4 Å². The number of rotatable bonds is 3. The number of hydrogen-bond donors (Lipinski definition) is 1. The van der Waals surface area contributed by atoms with Gasteiger partial charge in [-0.25, -0.2) is 9.07 Å². The normalized spacial score (nSPS) is 15.4. The second kappa shape index (κ2) is 6.59. The van der Waals surface area contributed by atoms with Gasteiger partial charge in [-0.1, -0.05) is 42.1 Å². The number of hydrogen-bond acceptors (Lipinski definition) is 3. The first-order chi connectivity index (χ1) is 13.3. The topological polar surface area (TPSA) is 29.9 Å². The van der Waals surface area contributed by atoms with Gasteiger partial charge in [0, 0.05) is 27.9 Å². The van der Waals surface area contributed by atoms with Crippen LogP contribution in [0.3, 0.4) is 0 Å². The zero-order chi connectivity index (χ0) is 18.2. The second-order valence-corrected chi connectivity index (χ2v) is 7.51. The van der Waals surface area contributed by atoms with Gasteiger partial charge in [0.15, 0.2) is 0 Å². The maximum atomic E-state index is 13.4. The summed E-state index contributed by atoms with van der Waals surface area (Å²) in [6, 6.07) is 24.8. The van der Waals surface area contributed by atoms with Gasteiger partial charge in [0.25, 0.3) is 0 Å². The molecule has 1 aliphatic heterocycles. The number of fused-ring (bicyclic) bond motifs is 1. The Hall–Kier alpha value is -3.05. The summed E-state index contributed by atoms with van der Waals surface area (Å²) in [6.07, 6.45) is 2.06. The number of para-hydroxylation sites is 2. The molecule has 4 aromatic rings. The fraction of sp³-hybridized carbons (Fsp3) is 0.0455. The van der Waals surface area contributed by atoms with E-state index in [1.165, 1.54) is 17.0 Å². The highest BCUT2D eigenvalue weighted by atomic mass is 32.2. The van der Waals surface area contributed by atoms with E-state index in [1.807, 2.05) is 47.1 Å². The Balaban J connectivity index is 1.61. The predicted octanol–water partition coefficient (Wildman–Crippen LogP) is 5.89. The van der Waals surface area contributed by atoms with Crippen LogP contribution in [0.25, 0.3) is 16.9 Å². The lowest BCUT2D eigenvalue weighted by Crippen LogP contribution is -2.01. The van der Waals surface area contributed by atoms with Gasteiger partial charge in [0.05, 0.1) is 11.4 Å². The Bertz CT molecular complexity index is 1070. The van der Waals surface area contributed by atoms with Crippen molar-refractivity contribution < 1.29 is 4.39 Å². The molecule has 0 radical (unpaired) electrons. The standard InChI is InChI=1S/C22H16FN3S/c23-16-12-10-15(11-13-16)21-18(14-26(25-21)17-6-2-1-3-7-17)22-24-19-8-4-5-9-20(19)27-22/h1-14,22,24H/t22-/m1/s1. The van der Waals surface area contributed by atoms with Crippen molar-refractivity contribution in [1.82, 2.24) is 9.78 Å². The van der Waals surface area contributed by atoms with Gasteiger partial charge in [0.2, 0.25) is 0 Å². The molecule has 5 heteroatoms. The Kier molecular flexibility index (Phi) is 3.94. The zero-order valence-corrected chi connectivity index (χ0v) is 15.2. The van der Waals surface area contributed by atoms with Gasteiger partial charge in [-0.3, -0.25) is 0 Å². The van der Waals surface area contributed by atoms with Crippen LogP contribution >= 0.6 is 11.8 Å². The lowest BCUT2D eigenvalue weighted by molar-refractivity contribution is 0.628. The quantitative estimate of drug-likeness (QED) is 0.485. The Morgan fingerprint density at radius 1 is 0.889 bits per heavy atom. The summed E-state index contributed by atoms with van der Waals surface area (Å²) in [4.78, 5) is 1.22. The van der Waals surface area contributed by atoms with Gasteiger partial charge in [-0.2, -0.15) is 5.10 Å². The van der Waals surface area contributed by atoms with Crippen LogP contribution in [0.5, 0.6) is 0 Å². The Morgan fingerprint density at radius 3 is 2.41 bits per heavy atom. The molecule has 1 N–H and O–H groups in total. The van der Waals surface area contributed by atoms with Crippen LogP contribution in [0.2, 0.25) is 0 Å². The molecule has 132 valence electrons. The van der Waals surface area contributed by atoms with Crippen molar-refractivity contribution in [3.05, 3.63) is 96.4 Å². The van der Waals surface area contributed by atoms with Crippen LogP contribution in [-0.4, -0.2) is 9.78 Å². The van der Waals surface area contributed by atoms with Crippen LogP contribution < -0.4 is 5.32 Å². The van der Waals surface area contributed by atoms with Crippen molar-refractivity contribution in [2.75, 3.05) is 5.32 Å². The molecule has 0 spiro atoms. The van der Waals surface area contributed by atoms with Crippen molar-refractivity contribution in [3.63, 3.8) is 0 Å². The summed E-state index contributed by atoms with van der Waals surface area (Å²) in [7, 11) is 0. The van der Waals surface area contributed by atoms with E-state index in [-0.39, 0.29) is 11.2 Å². The van der Waals surface area contributed by atoms with Crippen LogP contribution in [-0.2, 0) is 0 Å². The van der Waals surface area contributed by atoms with Crippen molar-refractivity contribution in [3.8, 4) is 16.9 Å². The molecule has 27 heavy (non-hydrogen) atoms. The maximum Gasteiger partial charge on any atom is 0.123 e. The van der Waals surface area contributed by atoms with Gasteiger partial charge >= 0.3 is 0 Å². The predicted molar refractivity (Wildman–Crippen MR) is 108 cm³/mol. The van der Waals surface area contributed by atoms with E-state index in [2.05, 4.69) is 23.6 Å². The molecular weight excluding hydrogens is 357 g/mol. The summed E-state index contributed by atoms with van der Waals surface area (Å²) in [6.45, 7) is 0. The largest absolute Gasteiger partial charge is 0.368 e. The first kappa shape index (κ1) is 16.1. The minimum atomic E-state index is -0.247. The van der Waals surface area contributed by atoms with E-state index < -0.39 is 0 Å². The maximum absolute atomic E-state index is 13.4. The smallest absolute Gasteiger partial charge is 0.123 e. The van der Waals surface area contributed by atoms with Crippen molar-refractivity contribution in [2.45, 2.75) is 10.3 Å². The highest BCUT2D eigenvalue weighted by Gasteiger charge is 2.27. The second-order valence-electron chi connectivity index (χ2n) is 6.36. The van der Waals surface area contributed by atoms with Crippen LogP contribution in [0.15, 0.2) is 90.0 Å². The number of nitrogens with zero attached hydrogens (tertiary/aromatic N) is 2. The molecule has 3 nitrogen and oxygen atoms in total. The monoisotopic (exact) mass is 373 g/mol. The first-order valence-corrected chi connectivity index (χ1v) is 9.59. The zero-order valence-electron chi connectivity index (χ0n) is 14.3. The van der Waals surface area contributed by atoms with Crippen LogP contribution in [0, 0.1) is 5.82 Å². The van der Waals surface area contributed by atoms with E-state index in [0.29, 0.717) is 0 Å². The van der Waals surface area contributed by atoms with Crippen LogP contribution in [0.1, 0.15) is 10.9 Å². The average Bonchev–Trinajstić information content (AvgIpc) is 3.33. The van der Waals surface area contributed by atoms with E-state index in [0.717, 1.165) is 28.2 Å². The fourth-order valence-corrected chi connectivity index (χ4v) is 4.40. The van der Waals surface area contributed by atoms with Crippen molar-refractivity contribution in [2.24, 2.45) is 0 Å². The number of halogens is 1. The Morgan fingerprint density at radius 2 is 1.63 bits per heavy atom. The number of anilines is 1. The average molecular weight is 373 g/mol. The van der Waals surface area contributed by atoms with Gasteiger partial charge in [-0.15, -0.1) is 0 Å². The van der Waals surface area contributed by atoms with Crippen molar-refractivity contribution in [1.29, 1.82) is 0 Å². The van der Waals surface area contributed by atoms with E-state index >= 15 is 0 Å². The molecule has 2 heterocycles. The molecule has 1 atom stereocenters. The van der Waals surface area contributed by atoms with E-state index in [9.17, 15) is 4.39 Å². The number of thioether (sulfide) groups is 1. The van der Waals surface area contributed by atoms with Gasteiger partial charge < -0.3 is 5.32 Å². The van der Waals surface area contributed by atoms with Gasteiger partial charge in [0.1, 0.15) is 11.2 Å². The lowest BCUT2D eigenvalue weighted by atomic mass is 10.1. The molecule has 5 rings (SSSR count). The number of aromatic nitrogens is 2. The third-order valence-electron chi connectivity index (χ3n) is 4.58. The molecular formula is C22H16FN3S. The Labute approximate surface area is 160 Å². The minimum Gasteiger partial charge on any atom is -0.368 e. The molecule has 0 fully saturated rings. The molecule has 1 aliphatic rings. The summed E-state index contributed by atoms with van der Waals surface area (Å²) in [5, 5.41) is 8.46. The van der Waals surface area contributed by atoms with E-state index in [1.54, 1.807) is 23.9 Å². The third-order valence-corrected chi connectivity index (χ3v) is 5.80. The third kappa shape index (κ3) is 3.00. The number of benzene rings is 3. The van der Waals surface area contributed by atoms with E-state index in [4.69, 9.17) is 5.10 Å². The minimum absolute atomic E-state index is 0.0555. The molecule has 0 aliphatic carbocycles. The number of nitrogens with one attached hydrogen (secondary N) is 1. The molecule has 0 saturated heterocycles. The summed E-state index contributed by atoms with van der Waals surface area (Å²) in [5.74, 6) is -0.247. The molecule has 0 saturated carbocycles. The molecule has 1 aromatic heterocycles. The molecule has 0 amide bonds. The summed E-state index contributed by atoms with van der Waals surface area (Å²) >= 11 is 1.77. The molecule has 0 bridgehead atoms.